The Bertz CT molecular complexity index is 816. The van der Waals surface area contributed by atoms with Crippen molar-refractivity contribution in [2.45, 2.75) is 31.5 Å². The first-order valence-corrected chi connectivity index (χ1v) is 10.1. The molecule has 1 aromatic heterocycles. The molecule has 1 aliphatic carbocycles. The molecule has 0 spiro atoms. The summed E-state index contributed by atoms with van der Waals surface area (Å²) in [6.45, 7) is 4.09. The number of halogens is 3. The van der Waals surface area contributed by atoms with Gasteiger partial charge in [0.25, 0.3) is 0 Å². The fraction of sp³-hybridized carbons (Fsp3) is 0.571. The van der Waals surface area contributed by atoms with E-state index in [2.05, 4.69) is 10.00 Å². The summed E-state index contributed by atoms with van der Waals surface area (Å²) in [5.74, 6) is 1.28. The second-order valence-corrected chi connectivity index (χ2v) is 7.87. The van der Waals surface area contributed by atoms with Crippen LogP contribution in [0.5, 0.6) is 5.75 Å². The number of hydrogen-bond donors (Lipinski definition) is 0. The molecule has 2 fully saturated rings. The quantitative estimate of drug-likeness (QED) is 0.697. The van der Waals surface area contributed by atoms with Gasteiger partial charge in [0, 0.05) is 38.8 Å². The molecular formula is C21H26F3N3O2. The van der Waals surface area contributed by atoms with E-state index in [1.807, 2.05) is 17.8 Å². The molecule has 1 saturated carbocycles. The van der Waals surface area contributed by atoms with Crippen LogP contribution in [0.3, 0.4) is 0 Å². The van der Waals surface area contributed by atoms with Gasteiger partial charge in [-0.1, -0.05) is 0 Å². The van der Waals surface area contributed by atoms with Crippen molar-refractivity contribution in [3.63, 3.8) is 0 Å². The van der Waals surface area contributed by atoms with Crippen LogP contribution < -0.4 is 4.74 Å². The highest BCUT2D eigenvalue weighted by Crippen LogP contribution is 2.32. The summed E-state index contributed by atoms with van der Waals surface area (Å²) in [7, 11) is 1.89. The summed E-state index contributed by atoms with van der Waals surface area (Å²) in [4.78, 5) is 2.47. The second-order valence-electron chi connectivity index (χ2n) is 7.87. The lowest BCUT2D eigenvalue weighted by Gasteiger charge is -2.32. The Kier molecular flexibility index (Phi) is 5.83. The molecule has 1 aliphatic heterocycles. The van der Waals surface area contributed by atoms with Crippen molar-refractivity contribution in [3.05, 3.63) is 47.3 Å². The number of alkyl halides is 3. The normalized spacial score (nSPS) is 20.8. The van der Waals surface area contributed by atoms with Crippen LogP contribution in [0, 0.1) is 5.92 Å². The Morgan fingerprint density at radius 1 is 1.21 bits per heavy atom. The number of aromatic nitrogens is 2. The van der Waals surface area contributed by atoms with Gasteiger partial charge in [-0.15, -0.1) is 0 Å². The molecule has 5 nitrogen and oxygen atoms in total. The van der Waals surface area contributed by atoms with Crippen molar-refractivity contribution in [1.82, 2.24) is 14.7 Å². The maximum atomic E-state index is 12.6. The molecule has 0 radical (unpaired) electrons. The Balaban J connectivity index is 1.30. The zero-order chi connectivity index (χ0) is 20.4. The minimum Gasteiger partial charge on any atom is -0.493 e. The Hall–Kier alpha value is -2.06. The largest absolute Gasteiger partial charge is 0.493 e. The molecule has 0 amide bonds. The maximum Gasteiger partial charge on any atom is 0.416 e. The molecular weight excluding hydrogens is 383 g/mol. The zero-order valence-electron chi connectivity index (χ0n) is 16.5. The first-order chi connectivity index (χ1) is 13.9. The summed E-state index contributed by atoms with van der Waals surface area (Å²) in [6, 6.07) is 6.81. The van der Waals surface area contributed by atoms with E-state index in [-0.39, 0.29) is 6.10 Å². The summed E-state index contributed by atoms with van der Waals surface area (Å²) in [5.41, 5.74) is 1.26. The predicted molar refractivity (Wildman–Crippen MR) is 102 cm³/mol. The van der Waals surface area contributed by atoms with E-state index in [1.54, 1.807) is 0 Å². The lowest BCUT2D eigenvalue weighted by atomic mass is 10.1. The Morgan fingerprint density at radius 3 is 2.66 bits per heavy atom. The van der Waals surface area contributed by atoms with Crippen molar-refractivity contribution in [3.8, 4) is 5.75 Å². The topological polar surface area (TPSA) is 39.5 Å². The Labute approximate surface area is 168 Å². The number of hydrogen-bond acceptors (Lipinski definition) is 4. The van der Waals surface area contributed by atoms with Crippen molar-refractivity contribution in [2.24, 2.45) is 13.0 Å². The smallest absolute Gasteiger partial charge is 0.416 e. The summed E-state index contributed by atoms with van der Waals surface area (Å²) >= 11 is 0. The van der Waals surface area contributed by atoms with Gasteiger partial charge in [-0.05, 0) is 49.1 Å². The van der Waals surface area contributed by atoms with E-state index in [9.17, 15) is 13.2 Å². The SMILES string of the molecule is Cn1nc([C@@H]2CN(CC3CC3)CCO2)cc1CCOc1ccc(C(F)(F)F)cc1. The highest BCUT2D eigenvalue weighted by atomic mass is 19.4. The molecule has 1 atom stereocenters. The lowest BCUT2D eigenvalue weighted by Crippen LogP contribution is -2.39. The molecule has 29 heavy (non-hydrogen) atoms. The molecule has 1 aromatic carbocycles. The van der Waals surface area contributed by atoms with Crippen molar-refractivity contribution in [1.29, 1.82) is 0 Å². The molecule has 0 N–H and O–H groups in total. The van der Waals surface area contributed by atoms with Crippen LogP contribution in [0.2, 0.25) is 0 Å². The van der Waals surface area contributed by atoms with Crippen LogP contribution in [0.25, 0.3) is 0 Å². The minimum absolute atomic E-state index is 0.0155. The van der Waals surface area contributed by atoms with Gasteiger partial charge in [0.15, 0.2) is 0 Å². The average molecular weight is 409 g/mol. The van der Waals surface area contributed by atoms with Crippen LogP contribution >= 0.6 is 0 Å². The van der Waals surface area contributed by atoms with Crippen LogP contribution in [-0.2, 0) is 24.4 Å². The van der Waals surface area contributed by atoms with Gasteiger partial charge in [-0.3, -0.25) is 9.58 Å². The molecule has 2 aliphatic rings. The first-order valence-electron chi connectivity index (χ1n) is 10.1. The molecule has 2 heterocycles. The van der Waals surface area contributed by atoms with Crippen molar-refractivity contribution in [2.75, 3.05) is 32.8 Å². The maximum absolute atomic E-state index is 12.6. The van der Waals surface area contributed by atoms with Gasteiger partial charge in [-0.25, -0.2) is 0 Å². The van der Waals surface area contributed by atoms with Crippen LogP contribution in [-0.4, -0.2) is 47.5 Å². The van der Waals surface area contributed by atoms with E-state index in [0.717, 1.165) is 55.7 Å². The van der Waals surface area contributed by atoms with Crippen molar-refractivity contribution < 1.29 is 22.6 Å². The van der Waals surface area contributed by atoms with Crippen LogP contribution in [0.4, 0.5) is 13.2 Å². The lowest BCUT2D eigenvalue weighted by molar-refractivity contribution is -0.137. The molecule has 1 saturated heterocycles. The van der Waals surface area contributed by atoms with Gasteiger partial charge in [0.05, 0.1) is 24.5 Å². The van der Waals surface area contributed by atoms with Crippen LogP contribution in [0.15, 0.2) is 30.3 Å². The standard InChI is InChI=1S/C21H26F3N3O2/c1-26-17(8-10-28-18-6-4-16(5-7-18)21(22,23)24)12-19(25-26)20-14-27(9-11-29-20)13-15-2-3-15/h4-7,12,15,20H,2-3,8-11,13-14H2,1H3/t20-/m0/s1. The van der Waals surface area contributed by atoms with Gasteiger partial charge in [-0.2, -0.15) is 18.3 Å². The molecule has 2 aromatic rings. The van der Waals surface area contributed by atoms with E-state index in [0.29, 0.717) is 18.8 Å². The van der Waals surface area contributed by atoms with Crippen LogP contribution in [0.1, 0.15) is 35.9 Å². The number of nitrogens with zero attached hydrogens (tertiary/aromatic N) is 3. The number of aryl methyl sites for hydroxylation is 1. The van der Waals surface area contributed by atoms with E-state index >= 15 is 0 Å². The third-order valence-electron chi connectivity index (χ3n) is 5.50. The summed E-state index contributed by atoms with van der Waals surface area (Å²) < 4.78 is 51.2. The number of benzene rings is 1. The molecule has 0 unspecified atom stereocenters. The number of ether oxygens (including phenoxy) is 2. The zero-order valence-corrected chi connectivity index (χ0v) is 16.5. The van der Waals surface area contributed by atoms with Gasteiger partial charge < -0.3 is 9.47 Å². The molecule has 8 heteroatoms. The first kappa shape index (κ1) is 20.2. The third-order valence-corrected chi connectivity index (χ3v) is 5.50. The monoisotopic (exact) mass is 409 g/mol. The number of morpholine rings is 1. The fourth-order valence-corrected chi connectivity index (χ4v) is 3.65. The fourth-order valence-electron chi connectivity index (χ4n) is 3.65. The van der Waals surface area contributed by atoms with Gasteiger partial charge in [0.1, 0.15) is 11.9 Å². The second kappa shape index (κ2) is 8.36. The third kappa shape index (κ3) is 5.30. The number of rotatable bonds is 7. The van der Waals surface area contributed by atoms with E-state index in [4.69, 9.17) is 9.47 Å². The van der Waals surface area contributed by atoms with Crippen molar-refractivity contribution >= 4 is 0 Å². The van der Waals surface area contributed by atoms with E-state index < -0.39 is 11.7 Å². The van der Waals surface area contributed by atoms with E-state index in [1.165, 1.54) is 25.0 Å². The van der Waals surface area contributed by atoms with Gasteiger partial charge >= 0.3 is 6.18 Å². The summed E-state index contributed by atoms with van der Waals surface area (Å²) in [6.07, 6.45) is -1.05. The molecule has 0 bridgehead atoms. The predicted octanol–water partition coefficient (Wildman–Crippen LogP) is 3.84. The molecule has 4 rings (SSSR count). The average Bonchev–Trinajstić information content (AvgIpc) is 3.42. The highest BCUT2D eigenvalue weighted by Gasteiger charge is 2.30. The molecule has 158 valence electrons. The Morgan fingerprint density at radius 2 is 1.97 bits per heavy atom. The minimum atomic E-state index is -4.33. The highest BCUT2D eigenvalue weighted by molar-refractivity contribution is 5.29. The summed E-state index contributed by atoms with van der Waals surface area (Å²) in [5, 5.41) is 4.61. The van der Waals surface area contributed by atoms with Gasteiger partial charge in [0.2, 0.25) is 0 Å².